The van der Waals surface area contributed by atoms with Crippen LogP contribution in [0.15, 0.2) is 30.3 Å². The molecule has 0 spiro atoms. The third-order valence-electron chi connectivity index (χ3n) is 4.12. The quantitative estimate of drug-likeness (QED) is 0.393. The molecule has 0 saturated heterocycles. The fraction of sp³-hybridized carbons (Fsp3) is 0.565. The molecule has 0 aliphatic rings. The number of amides is 2. The Bertz CT molecular complexity index is 759. The van der Waals surface area contributed by atoms with Crippen LogP contribution in [0.1, 0.15) is 53.0 Å². The van der Waals surface area contributed by atoms with Gasteiger partial charge in [-0.2, -0.15) is 0 Å². The number of carbonyl (C=O) groups is 4. The van der Waals surface area contributed by atoms with Gasteiger partial charge in [0.05, 0.1) is 13.2 Å². The molecule has 0 fully saturated rings. The molecule has 9 heteroatoms. The van der Waals surface area contributed by atoms with Gasteiger partial charge in [0.2, 0.25) is 5.91 Å². The van der Waals surface area contributed by atoms with Gasteiger partial charge in [-0.05, 0) is 46.6 Å². The summed E-state index contributed by atoms with van der Waals surface area (Å²) in [5.41, 5.74) is 0.0632. The van der Waals surface area contributed by atoms with Crippen LogP contribution < -0.4 is 10.6 Å². The predicted molar refractivity (Wildman–Crippen MR) is 118 cm³/mol. The van der Waals surface area contributed by atoms with Gasteiger partial charge in [0.1, 0.15) is 17.7 Å². The molecular weight excluding hydrogens is 416 g/mol. The first-order valence-corrected chi connectivity index (χ1v) is 10.7. The van der Waals surface area contributed by atoms with Crippen LogP contribution in [0.3, 0.4) is 0 Å². The Kier molecular flexibility index (Phi) is 11.2. The molecule has 0 heterocycles. The van der Waals surface area contributed by atoms with Crippen molar-refractivity contribution in [3.05, 3.63) is 35.9 Å². The van der Waals surface area contributed by atoms with E-state index < -0.39 is 41.6 Å². The number of benzene rings is 1. The van der Waals surface area contributed by atoms with Gasteiger partial charge >= 0.3 is 18.0 Å². The van der Waals surface area contributed by atoms with E-state index >= 15 is 0 Å². The molecule has 1 aromatic carbocycles. The Labute approximate surface area is 189 Å². The van der Waals surface area contributed by atoms with Crippen molar-refractivity contribution in [2.24, 2.45) is 0 Å². The summed E-state index contributed by atoms with van der Waals surface area (Å²) in [7, 11) is 0. The normalized spacial score (nSPS) is 12.8. The Hall–Kier alpha value is -3.10. The number of ether oxygens (including phenoxy) is 3. The summed E-state index contributed by atoms with van der Waals surface area (Å²) in [6.07, 6.45) is -0.638. The smallest absolute Gasteiger partial charge is 0.408 e. The fourth-order valence-corrected chi connectivity index (χ4v) is 2.77. The highest BCUT2D eigenvalue weighted by Crippen LogP contribution is 2.10. The van der Waals surface area contributed by atoms with Gasteiger partial charge in [-0.15, -0.1) is 0 Å². The molecule has 0 saturated carbocycles. The maximum atomic E-state index is 13.0. The number of hydrogen-bond acceptors (Lipinski definition) is 7. The molecule has 1 aromatic rings. The number of esters is 2. The van der Waals surface area contributed by atoms with Crippen molar-refractivity contribution in [3.63, 3.8) is 0 Å². The van der Waals surface area contributed by atoms with Crippen LogP contribution in [0.2, 0.25) is 0 Å². The molecule has 0 aromatic heterocycles. The van der Waals surface area contributed by atoms with Gasteiger partial charge in [0.15, 0.2) is 0 Å². The molecular formula is C23H34N2O7. The zero-order valence-corrected chi connectivity index (χ0v) is 19.4. The minimum Gasteiger partial charge on any atom is -0.466 e. The summed E-state index contributed by atoms with van der Waals surface area (Å²) in [6, 6.07) is 7.04. The number of rotatable bonds is 11. The summed E-state index contributed by atoms with van der Waals surface area (Å²) in [6.45, 7) is 8.80. The van der Waals surface area contributed by atoms with E-state index in [0.717, 1.165) is 5.56 Å². The van der Waals surface area contributed by atoms with E-state index in [1.165, 1.54) is 0 Å². The van der Waals surface area contributed by atoms with Crippen LogP contribution in [0.4, 0.5) is 4.79 Å². The summed E-state index contributed by atoms with van der Waals surface area (Å²) in [5.74, 6) is -1.74. The van der Waals surface area contributed by atoms with Gasteiger partial charge in [0.25, 0.3) is 0 Å². The monoisotopic (exact) mass is 450 g/mol. The highest BCUT2D eigenvalue weighted by atomic mass is 16.6. The Morgan fingerprint density at radius 1 is 0.906 bits per heavy atom. The van der Waals surface area contributed by atoms with Gasteiger partial charge in [-0.1, -0.05) is 30.3 Å². The zero-order chi connectivity index (χ0) is 24.1. The molecule has 2 unspecified atom stereocenters. The highest BCUT2D eigenvalue weighted by molar-refractivity contribution is 5.90. The summed E-state index contributed by atoms with van der Waals surface area (Å²) in [5, 5.41) is 5.16. The van der Waals surface area contributed by atoms with Crippen molar-refractivity contribution in [3.8, 4) is 0 Å². The first kappa shape index (κ1) is 26.9. The minimum atomic E-state index is -1.06. The average Bonchev–Trinajstić information content (AvgIpc) is 2.70. The van der Waals surface area contributed by atoms with Crippen molar-refractivity contribution in [1.29, 1.82) is 0 Å². The zero-order valence-electron chi connectivity index (χ0n) is 19.4. The van der Waals surface area contributed by atoms with Gasteiger partial charge < -0.3 is 24.8 Å². The second-order valence-corrected chi connectivity index (χ2v) is 8.05. The van der Waals surface area contributed by atoms with E-state index in [1.54, 1.807) is 34.6 Å². The molecule has 0 aliphatic carbocycles. The van der Waals surface area contributed by atoms with E-state index in [-0.39, 0.29) is 32.5 Å². The topological polar surface area (TPSA) is 120 Å². The SMILES string of the molecule is CCOC(=O)CCC(NC(=O)C(Cc1ccccc1)NC(=O)OC(C)(C)C)C(=O)OCC. The molecule has 0 aliphatic heterocycles. The maximum absolute atomic E-state index is 13.0. The van der Waals surface area contributed by atoms with Gasteiger partial charge in [0, 0.05) is 12.8 Å². The number of hydrogen-bond donors (Lipinski definition) is 2. The summed E-state index contributed by atoms with van der Waals surface area (Å²) in [4.78, 5) is 49.4. The van der Waals surface area contributed by atoms with Crippen LogP contribution in [0, 0.1) is 0 Å². The third kappa shape index (κ3) is 10.8. The summed E-state index contributed by atoms with van der Waals surface area (Å²) < 4.78 is 15.2. The van der Waals surface area contributed by atoms with Crippen molar-refractivity contribution in [1.82, 2.24) is 10.6 Å². The lowest BCUT2D eigenvalue weighted by Gasteiger charge is -2.25. The van der Waals surface area contributed by atoms with Crippen LogP contribution in [-0.4, -0.2) is 54.8 Å². The van der Waals surface area contributed by atoms with Crippen LogP contribution >= 0.6 is 0 Å². The molecule has 2 N–H and O–H groups in total. The standard InChI is InChI=1S/C23H34N2O7/c1-6-30-19(26)14-13-17(21(28)31-7-2)24-20(27)18(15-16-11-9-8-10-12-16)25-22(29)32-23(3,4)5/h8-12,17-18H,6-7,13-15H2,1-5H3,(H,24,27)(H,25,29). The Morgan fingerprint density at radius 2 is 1.53 bits per heavy atom. The number of carbonyl (C=O) groups excluding carboxylic acids is 4. The van der Waals surface area contributed by atoms with Crippen LogP contribution in [-0.2, 0) is 35.0 Å². The summed E-state index contributed by atoms with van der Waals surface area (Å²) >= 11 is 0. The van der Waals surface area contributed by atoms with Crippen LogP contribution in [0.25, 0.3) is 0 Å². The first-order valence-electron chi connectivity index (χ1n) is 10.7. The second-order valence-electron chi connectivity index (χ2n) is 8.05. The Balaban J connectivity index is 2.97. The van der Waals surface area contributed by atoms with E-state index in [9.17, 15) is 19.2 Å². The molecule has 2 amide bonds. The second kappa shape index (κ2) is 13.3. The molecule has 178 valence electrons. The highest BCUT2D eigenvalue weighted by Gasteiger charge is 2.29. The average molecular weight is 451 g/mol. The van der Waals surface area contributed by atoms with E-state index in [0.29, 0.717) is 0 Å². The number of nitrogens with one attached hydrogen (secondary N) is 2. The van der Waals surface area contributed by atoms with Gasteiger partial charge in [-0.3, -0.25) is 9.59 Å². The molecule has 0 radical (unpaired) electrons. The van der Waals surface area contributed by atoms with E-state index in [4.69, 9.17) is 14.2 Å². The van der Waals surface area contributed by atoms with Crippen molar-refractivity contribution < 1.29 is 33.4 Å². The fourth-order valence-electron chi connectivity index (χ4n) is 2.77. The lowest BCUT2D eigenvalue weighted by atomic mass is 10.0. The molecule has 1 rings (SSSR count). The lowest BCUT2D eigenvalue weighted by molar-refractivity contribution is -0.149. The molecule has 0 bridgehead atoms. The predicted octanol–water partition coefficient (Wildman–Crippen LogP) is 2.51. The minimum absolute atomic E-state index is 0.00784. The van der Waals surface area contributed by atoms with E-state index in [1.807, 2.05) is 30.3 Å². The van der Waals surface area contributed by atoms with Crippen molar-refractivity contribution in [2.75, 3.05) is 13.2 Å². The molecule has 2 atom stereocenters. The first-order chi connectivity index (χ1) is 15.1. The Morgan fingerprint density at radius 3 is 2.09 bits per heavy atom. The molecule has 32 heavy (non-hydrogen) atoms. The molecule has 9 nitrogen and oxygen atoms in total. The number of alkyl carbamates (subject to hydrolysis) is 1. The third-order valence-corrected chi connectivity index (χ3v) is 4.12. The maximum Gasteiger partial charge on any atom is 0.408 e. The lowest BCUT2D eigenvalue weighted by Crippen LogP contribution is -2.53. The van der Waals surface area contributed by atoms with E-state index in [2.05, 4.69) is 10.6 Å². The van der Waals surface area contributed by atoms with Gasteiger partial charge in [-0.25, -0.2) is 9.59 Å². The van der Waals surface area contributed by atoms with Crippen molar-refractivity contribution in [2.45, 2.75) is 71.6 Å². The largest absolute Gasteiger partial charge is 0.466 e. The van der Waals surface area contributed by atoms with Crippen molar-refractivity contribution >= 4 is 23.9 Å². The van der Waals surface area contributed by atoms with Crippen LogP contribution in [0.5, 0.6) is 0 Å².